The Hall–Kier alpha value is -1.16. The Labute approximate surface area is 178 Å². The van der Waals surface area contributed by atoms with Gasteiger partial charge >= 0.3 is 0 Å². The molecule has 3 aromatic rings. The quantitative estimate of drug-likeness (QED) is 0.542. The van der Waals surface area contributed by atoms with Crippen LogP contribution in [-0.2, 0) is 15.8 Å². The maximum absolute atomic E-state index is 12.8. The molecule has 1 fully saturated rings. The summed E-state index contributed by atoms with van der Waals surface area (Å²) in [5.41, 5.74) is 0. The van der Waals surface area contributed by atoms with Crippen LogP contribution in [0.4, 0.5) is 0 Å². The standard InChI is InChI=1S/C19H20ClN3O2S3/c1-22-8-10-23(11-9-22)28(24,25)14-6-7-18(21-12-14)26-13-17-19(20)15-4-2-3-5-16(15)27-17/h2-7,12H,8-11,13H2,1H3. The second-order valence-electron chi connectivity index (χ2n) is 6.66. The first-order chi connectivity index (χ1) is 13.4. The lowest BCUT2D eigenvalue weighted by molar-refractivity contribution is 0.222. The number of halogens is 1. The van der Waals surface area contributed by atoms with E-state index in [0.717, 1.165) is 33.4 Å². The smallest absolute Gasteiger partial charge is 0.244 e. The largest absolute Gasteiger partial charge is 0.304 e. The number of hydrogen-bond donors (Lipinski definition) is 0. The molecule has 0 N–H and O–H groups in total. The predicted octanol–water partition coefficient (Wildman–Crippen LogP) is 4.18. The van der Waals surface area contributed by atoms with Gasteiger partial charge < -0.3 is 4.90 Å². The number of nitrogens with zero attached hydrogens (tertiary/aromatic N) is 3. The summed E-state index contributed by atoms with van der Waals surface area (Å²) in [5, 5.41) is 2.65. The van der Waals surface area contributed by atoms with Crippen molar-refractivity contribution in [3.05, 3.63) is 52.5 Å². The number of benzene rings is 1. The Morgan fingerprint density at radius 1 is 1.14 bits per heavy atom. The number of piperazine rings is 1. The molecule has 1 aliphatic rings. The van der Waals surface area contributed by atoms with Crippen molar-refractivity contribution in [3.63, 3.8) is 0 Å². The molecular formula is C19H20ClN3O2S3. The fraction of sp³-hybridized carbons (Fsp3) is 0.316. The van der Waals surface area contributed by atoms with E-state index in [4.69, 9.17) is 11.6 Å². The SMILES string of the molecule is CN1CCN(S(=O)(=O)c2ccc(SCc3sc4ccccc4c3Cl)nc2)CC1. The van der Waals surface area contributed by atoms with Crippen LogP contribution in [0.5, 0.6) is 0 Å². The molecule has 0 amide bonds. The molecular weight excluding hydrogens is 434 g/mol. The number of rotatable bonds is 5. The highest BCUT2D eigenvalue weighted by atomic mass is 35.5. The van der Waals surface area contributed by atoms with Gasteiger partial charge in [0.25, 0.3) is 0 Å². The minimum Gasteiger partial charge on any atom is -0.304 e. The highest BCUT2D eigenvalue weighted by molar-refractivity contribution is 7.98. The molecule has 3 heterocycles. The summed E-state index contributed by atoms with van der Waals surface area (Å²) >= 11 is 9.73. The van der Waals surface area contributed by atoms with Crippen molar-refractivity contribution < 1.29 is 8.42 Å². The molecule has 1 aromatic carbocycles. The maximum Gasteiger partial charge on any atom is 0.244 e. The first-order valence-corrected chi connectivity index (χ1v) is 12.5. The van der Waals surface area contributed by atoms with E-state index >= 15 is 0 Å². The zero-order valence-electron chi connectivity index (χ0n) is 15.3. The third-order valence-electron chi connectivity index (χ3n) is 4.76. The van der Waals surface area contributed by atoms with Crippen molar-refractivity contribution in [1.82, 2.24) is 14.2 Å². The summed E-state index contributed by atoms with van der Waals surface area (Å²) < 4.78 is 28.3. The molecule has 0 radical (unpaired) electrons. The molecule has 0 aliphatic carbocycles. The normalized spacial score (nSPS) is 16.6. The van der Waals surface area contributed by atoms with E-state index in [1.807, 2.05) is 25.2 Å². The molecule has 9 heteroatoms. The van der Waals surface area contributed by atoms with Gasteiger partial charge in [-0.2, -0.15) is 4.31 Å². The molecule has 1 saturated heterocycles. The monoisotopic (exact) mass is 453 g/mol. The topological polar surface area (TPSA) is 53.5 Å². The van der Waals surface area contributed by atoms with E-state index in [-0.39, 0.29) is 4.90 Å². The third-order valence-corrected chi connectivity index (χ3v) is 9.51. The Kier molecular flexibility index (Phi) is 5.96. The van der Waals surface area contributed by atoms with E-state index < -0.39 is 10.0 Å². The lowest BCUT2D eigenvalue weighted by Gasteiger charge is -2.31. The first kappa shape index (κ1) is 20.1. The summed E-state index contributed by atoms with van der Waals surface area (Å²) in [6, 6.07) is 11.5. The zero-order chi connectivity index (χ0) is 19.7. The lowest BCUT2D eigenvalue weighted by atomic mass is 10.2. The van der Waals surface area contributed by atoms with Crippen LogP contribution in [0.3, 0.4) is 0 Å². The van der Waals surface area contributed by atoms with Crippen molar-refractivity contribution >= 4 is 54.8 Å². The molecule has 4 rings (SSSR count). The summed E-state index contributed by atoms with van der Waals surface area (Å²) in [4.78, 5) is 7.84. The van der Waals surface area contributed by atoms with Crippen LogP contribution in [0.25, 0.3) is 10.1 Å². The predicted molar refractivity (Wildman–Crippen MR) is 117 cm³/mol. The van der Waals surface area contributed by atoms with Crippen molar-refractivity contribution in [3.8, 4) is 0 Å². The van der Waals surface area contributed by atoms with Crippen LogP contribution < -0.4 is 0 Å². The van der Waals surface area contributed by atoms with E-state index in [9.17, 15) is 8.42 Å². The van der Waals surface area contributed by atoms with Crippen LogP contribution in [0.1, 0.15) is 4.88 Å². The summed E-state index contributed by atoms with van der Waals surface area (Å²) in [5.74, 6) is 0.704. The minimum atomic E-state index is -3.48. The Balaban J connectivity index is 1.45. The van der Waals surface area contributed by atoms with Crippen LogP contribution in [0.2, 0.25) is 5.02 Å². The van der Waals surface area contributed by atoms with Gasteiger partial charge in [-0.25, -0.2) is 13.4 Å². The fourth-order valence-corrected chi connectivity index (χ4v) is 6.95. The van der Waals surface area contributed by atoms with Gasteiger partial charge in [-0.3, -0.25) is 0 Å². The molecule has 148 valence electrons. The van der Waals surface area contributed by atoms with Gasteiger partial charge in [0, 0.05) is 53.1 Å². The number of aromatic nitrogens is 1. The van der Waals surface area contributed by atoms with E-state index in [0.29, 0.717) is 18.8 Å². The van der Waals surface area contributed by atoms with E-state index in [1.165, 1.54) is 15.2 Å². The van der Waals surface area contributed by atoms with Crippen LogP contribution in [0.15, 0.2) is 52.5 Å². The van der Waals surface area contributed by atoms with Gasteiger partial charge in [-0.05, 0) is 25.2 Å². The van der Waals surface area contributed by atoms with Gasteiger partial charge in [0.1, 0.15) is 4.90 Å². The molecule has 0 unspecified atom stereocenters. The van der Waals surface area contributed by atoms with Gasteiger partial charge in [-0.1, -0.05) is 29.8 Å². The zero-order valence-corrected chi connectivity index (χ0v) is 18.5. The number of fused-ring (bicyclic) bond motifs is 1. The Morgan fingerprint density at radius 2 is 1.89 bits per heavy atom. The number of hydrogen-bond acceptors (Lipinski definition) is 6. The molecule has 0 spiro atoms. The van der Waals surface area contributed by atoms with Crippen molar-refractivity contribution in [2.24, 2.45) is 0 Å². The average molecular weight is 454 g/mol. The van der Waals surface area contributed by atoms with E-state index in [1.54, 1.807) is 35.2 Å². The first-order valence-electron chi connectivity index (χ1n) is 8.88. The number of likely N-dealkylation sites (N-methyl/N-ethyl adjacent to an activating group) is 1. The fourth-order valence-electron chi connectivity index (χ4n) is 3.08. The number of sulfonamides is 1. The van der Waals surface area contributed by atoms with Gasteiger partial charge in [0.2, 0.25) is 10.0 Å². The highest BCUT2D eigenvalue weighted by Gasteiger charge is 2.27. The number of thiophene rings is 1. The summed E-state index contributed by atoms with van der Waals surface area (Å²) in [7, 11) is -1.48. The van der Waals surface area contributed by atoms with E-state index in [2.05, 4.69) is 16.0 Å². The van der Waals surface area contributed by atoms with Crippen LogP contribution in [0, 0.1) is 0 Å². The molecule has 0 bridgehead atoms. The Bertz CT molecular complexity index is 1080. The maximum atomic E-state index is 12.8. The Morgan fingerprint density at radius 3 is 2.57 bits per heavy atom. The number of thioether (sulfide) groups is 1. The molecule has 0 atom stereocenters. The third kappa shape index (κ3) is 4.08. The molecule has 1 aliphatic heterocycles. The molecule has 0 saturated carbocycles. The van der Waals surface area contributed by atoms with Crippen LogP contribution >= 0.6 is 34.7 Å². The molecule has 28 heavy (non-hydrogen) atoms. The summed E-state index contributed by atoms with van der Waals surface area (Å²) in [6.45, 7) is 2.52. The molecule has 5 nitrogen and oxygen atoms in total. The van der Waals surface area contributed by atoms with Gasteiger partial charge in [0.15, 0.2) is 0 Å². The van der Waals surface area contributed by atoms with Crippen molar-refractivity contribution in [2.45, 2.75) is 15.7 Å². The second kappa shape index (κ2) is 8.30. The number of pyridine rings is 1. The minimum absolute atomic E-state index is 0.251. The average Bonchev–Trinajstić information content (AvgIpc) is 3.03. The summed E-state index contributed by atoms with van der Waals surface area (Å²) in [6.07, 6.45) is 1.46. The highest BCUT2D eigenvalue weighted by Crippen LogP contribution is 2.38. The van der Waals surface area contributed by atoms with Crippen molar-refractivity contribution in [1.29, 1.82) is 0 Å². The van der Waals surface area contributed by atoms with Gasteiger partial charge in [-0.15, -0.1) is 23.1 Å². The lowest BCUT2D eigenvalue weighted by Crippen LogP contribution is -2.47. The second-order valence-corrected chi connectivity index (χ2v) is 11.1. The van der Waals surface area contributed by atoms with Crippen molar-refractivity contribution in [2.75, 3.05) is 33.2 Å². The molecule has 2 aromatic heterocycles. The van der Waals surface area contributed by atoms with Crippen LogP contribution in [-0.4, -0.2) is 55.8 Å². The van der Waals surface area contributed by atoms with Gasteiger partial charge in [0.05, 0.1) is 10.0 Å².